The Morgan fingerprint density at radius 2 is 2.32 bits per heavy atom. The molecule has 0 spiro atoms. The Labute approximate surface area is 145 Å². The zero-order valence-electron chi connectivity index (χ0n) is 14.0. The van der Waals surface area contributed by atoms with Gasteiger partial charge in [0, 0.05) is 24.3 Å². The predicted molar refractivity (Wildman–Crippen MR) is 93.0 cm³/mol. The van der Waals surface area contributed by atoms with Crippen molar-refractivity contribution in [2.24, 2.45) is 5.92 Å². The maximum Gasteiger partial charge on any atom is 0.252 e. The minimum absolute atomic E-state index is 0.159. The van der Waals surface area contributed by atoms with E-state index in [1.165, 1.54) is 0 Å². The standard InChI is InChI=1S/C18H21N5O2/c1-11-3-4-14-13(9-19-22-14)17(11)18(25)21-15-7-12(8-16(15)24)10-23-6-2-5-20-23/h2-6,9,12,15-16,24H,7-8,10H2,1H3,(H,19,22)(H,21,25)/t12?,15-,16-/m1/s1. The van der Waals surface area contributed by atoms with Crippen LogP contribution in [0.5, 0.6) is 0 Å². The zero-order valence-corrected chi connectivity index (χ0v) is 14.0. The first-order chi connectivity index (χ1) is 12.1. The number of H-pyrrole nitrogens is 1. The number of aliphatic hydroxyl groups excluding tert-OH is 1. The van der Waals surface area contributed by atoms with Crippen molar-refractivity contribution in [3.63, 3.8) is 0 Å². The normalized spacial score (nSPS) is 23.2. The van der Waals surface area contributed by atoms with Crippen molar-refractivity contribution >= 4 is 16.8 Å². The number of carbonyl (C=O) groups is 1. The molecule has 0 saturated heterocycles. The Bertz CT molecular complexity index is 886. The van der Waals surface area contributed by atoms with E-state index >= 15 is 0 Å². The number of carbonyl (C=O) groups excluding carboxylic acids is 1. The van der Waals surface area contributed by atoms with Gasteiger partial charge < -0.3 is 10.4 Å². The highest BCUT2D eigenvalue weighted by Crippen LogP contribution is 2.28. The predicted octanol–water partition coefficient (Wildman–Crippen LogP) is 1.64. The number of benzene rings is 1. The van der Waals surface area contributed by atoms with Gasteiger partial charge in [0.15, 0.2) is 0 Å². The van der Waals surface area contributed by atoms with Crippen molar-refractivity contribution in [3.8, 4) is 0 Å². The van der Waals surface area contributed by atoms with Crippen LogP contribution in [0.1, 0.15) is 28.8 Å². The minimum Gasteiger partial charge on any atom is -0.391 e. The minimum atomic E-state index is -0.534. The fraction of sp³-hybridized carbons (Fsp3) is 0.389. The van der Waals surface area contributed by atoms with Crippen molar-refractivity contribution in [1.82, 2.24) is 25.3 Å². The molecule has 0 bridgehead atoms. The van der Waals surface area contributed by atoms with E-state index in [9.17, 15) is 9.90 Å². The van der Waals surface area contributed by atoms with Crippen molar-refractivity contribution in [3.05, 3.63) is 47.9 Å². The van der Waals surface area contributed by atoms with Crippen molar-refractivity contribution in [2.75, 3.05) is 0 Å². The SMILES string of the molecule is Cc1ccc2[nH]ncc2c1C(=O)N[C@@H]1CC(Cn2cccn2)C[C@H]1O. The molecule has 3 atom stereocenters. The number of aliphatic hydroxyl groups is 1. The molecule has 2 aromatic heterocycles. The lowest BCUT2D eigenvalue weighted by Crippen LogP contribution is -2.40. The summed E-state index contributed by atoms with van der Waals surface area (Å²) in [4.78, 5) is 12.8. The van der Waals surface area contributed by atoms with Crippen LogP contribution in [-0.4, -0.2) is 43.1 Å². The van der Waals surface area contributed by atoms with E-state index in [-0.39, 0.29) is 11.9 Å². The average Bonchev–Trinajstić information content (AvgIpc) is 3.30. The van der Waals surface area contributed by atoms with Gasteiger partial charge in [-0.1, -0.05) is 6.07 Å². The fourth-order valence-corrected chi connectivity index (χ4v) is 3.76. The lowest BCUT2D eigenvalue weighted by Gasteiger charge is -2.17. The molecular formula is C18H21N5O2. The van der Waals surface area contributed by atoms with Crippen LogP contribution in [0.3, 0.4) is 0 Å². The number of aromatic nitrogens is 4. The zero-order chi connectivity index (χ0) is 17.4. The van der Waals surface area contributed by atoms with E-state index < -0.39 is 6.10 Å². The largest absolute Gasteiger partial charge is 0.391 e. The Balaban J connectivity index is 1.48. The third kappa shape index (κ3) is 3.02. The number of hydrogen-bond acceptors (Lipinski definition) is 4. The van der Waals surface area contributed by atoms with E-state index in [4.69, 9.17) is 0 Å². The third-order valence-corrected chi connectivity index (χ3v) is 5.01. The smallest absolute Gasteiger partial charge is 0.252 e. The maximum atomic E-state index is 12.8. The molecule has 3 aromatic rings. The highest BCUT2D eigenvalue weighted by Gasteiger charge is 2.34. The second kappa shape index (κ2) is 6.33. The molecular weight excluding hydrogens is 318 g/mol. The molecule has 1 unspecified atom stereocenters. The highest BCUT2D eigenvalue weighted by molar-refractivity contribution is 6.07. The Morgan fingerprint density at radius 1 is 1.44 bits per heavy atom. The van der Waals surface area contributed by atoms with E-state index in [2.05, 4.69) is 20.6 Å². The first kappa shape index (κ1) is 15.8. The molecule has 1 aromatic carbocycles. The van der Waals surface area contributed by atoms with Crippen LogP contribution in [0, 0.1) is 12.8 Å². The number of nitrogens with zero attached hydrogens (tertiary/aromatic N) is 3. The molecule has 7 nitrogen and oxygen atoms in total. The number of rotatable bonds is 4. The Hall–Kier alpha value is -2.67. The number of amides is 1. The second-order valence-electron chi connectivity index (χ2n) is 6.80. The van der Waals surface area contributed by atoms with Crippen LogP contribution >= 0.6 is 0 Å². The van der Waals surface area contributed by atoms with E-state index in [0.717, 1.165) is 29.4 Å². The summed E-state index contributed by atoms with van der Waals surface area (Å²) in [6.07, 6.45) is 6.21. The Kier molecular flexibility index (Phi) is 4.01. The van der Waals surface area contributed by atoms with Gasteiger partial charge in [0.1, 0.15) is 0 Å². The van der Waals surface area contributed by atoms with E-state index in [1.54, 1.807) is 12.4 Å². The van der Waals surface area contributed by atoms with Gasteiger partial charge in [-0.15, -0.1) is 0 Å². The first-order valence-corrected chi connectivity index (χ1v) is 8.51. The van der Waals surface area contributed by atoms with Crippen LogP contribution in [-0.2, 0) is 6.54 Å². The van der Waals surface area contributed by atoms with Gasteiger partial charge in [0.2, 0.25) is 0 Å². The molecule has 3 N–H and O–H groups in total. The molecule has 1 aliphatic carbocycles. The molecule has 1 saturated carbocycles. The van der Waals surface area contributed by atoms with Crippen LogP contribution in [0.15, 0.2) is 36.8 Å². The number of nitrogens with one attached hydrogen (secondary N) is 2. The summed E-state index contributed by atoms with van der Waals surface area (Å²) in [5.41, 5.74) is 2.35. The van der Waals surface area contributed by atoms with Gasteiger partial charge in [-0.05, 0) is 43.4 Å². The summed E-state index contributed by atoms with van der Waals surface area (Å²) in [5.74, 6) is 0.138. The van der Waals surface area contributed by atoms with Gasteiger partial charge in [0.05, 0.1) is 29.4 Å². The topological polar surface area (TPSA) is 95.8 Å². The van der Waals surface area contributed by atoms with E-state index in [1.807, 2.05) is 36.0 Å². The van der Waals surface area contributed by atoms with E-state index in [0.29, 0.717) is 17.9 Å². The van der Waals surface area contributed by atoms with Crippen molar-refractivity contribution in [2.45, 2.75) is 38.5 Å². The first-order valence-electron chi connectivity index (χ1n) is 8.51. The lowest BCUT2D eigenvalue weighted by atomic mass is 10.0. The summed E-state index contributed by atoms with van der Waals surface area (Å²) >= 11 is 0. The molecule has 25 heavy (non-hydrogen) atoms. The Morgan fingerprint density at radius 3 is 3.12 bits per heavy atom. The number of aromatic amines is 1. The summed E-state index contributed by atoms with van der Waals surface area (Å²) in [6.45, 7) is 2.67. The average molecular weight is 339 g/mol. The van der Waals surface area contributed by atoms with Crippen molar-refractivity contribution < 1.29 is 9.90 Å². The van der Waals surface area contributed by atoms with Crippen LogP contribution < -0.4 is 5.32 Å². The molecule has 2 heterocycles. The summed E-state index contributed by atoms with van der Waals surface area (Å²) in [7, 11) is 0. The van der Waals surface area contributed by atoms with Crippen molar-refractivity contribution in [1.29, 1.82) is 0 Å². The molecule has 0 radical (unpaired) electrons. The summed E-state index contributed by atoms with van der Waals surface area (Å²) in [5, 5.41) is 25.3. The summed E-state index contributed by atoms with van der Waals surface area (Å²) in [6, 6.07) is 5.47. The quantitative estimate of drug-likeness (QED) is 0.673. The maximum absolute atomic E-state index is 12.8. The number of fused-ring (bicyclic) bond motifs is 1. The monoisotopic (exact) mass is 339 g/mol. The summed E-state index contributed by atoms with van der Waals surface area (Å²) < 4.78 is 1.87. The second-order valence-corrected chi connectivity index (χ2v) is 6.80. The lowest BCUT2D eigenvalue weighted by molar-refractivity contribution is 0.0874. The molecule has 1 amide bonds. The highest BCUT2D eigenvalue weighted by atomic mass is 16.3. The van der Waals surface area contributed by atoms with Gasteiger partial charge >= 0.3 is 0 Å². The van der Waals surface area contributed by atoms with Gasteiger partial charge in [-0.3, -0.25) is 14.6 Å². The molecule has 0 aliphatic heterocycles. The van der Waals surface area contributed by atoms with Gasteiger partial charge in [0.25, 0.3) is 5.91 Å². The van der Waals surface area contributed by atoms with Crippen LogP contribution in [0.2, 0.25) is 0 Å². The molecule has 130 valence electrons. The number of hydrogen-bond donors (Lipinski definition) is 3. The number of aryl methyl sites for hydroxylation is 1. The molecule has 4 rings (SSSR count). The van der Waals surface area contributed by atoms with Gasteiger partial charge in [-0.2, -0.15) is 10.2 Å². The molecule has 1 aliphatic rings. The fourth-order valence-electron chi connectivity index (χ4n) is 3.76. The van der Waals surface area contributed by atoms with Gasteiger partial charge in [-0.25, -0.2) is 0 Å². The molecule has 7 heteroatoms. The van der Waals surface area contributed by atoms with Crippen LogP contribution in [0.4, 0.5) is 0 Å². The molecule has 1 fully saturated rings. The third-order valence-electron chi connectivity index (χ3n) is 5.01. The van der Waals surface area contributed by atoms with Crippen LogP contribution in [0.25, 0.3) is 10.9 Å².